The molecule has 3 aromatic carbocycles. The number of anilines is 1. The number of nitrogens with one attached hydrogen (secondary N) is 1. The van der Waals surface area contributed by atoms with Gasteiger partial charge in [0.15, 0.2) is 0 Å². The second-order valence-corrected chi connectivity index (χ2v) is 12.7. The molecule has 0 fully saturated rings. The lowest BCUT2D eigenvalue weighted by atomic mass is 10.0. The van der Waals surface area contributed by atoms with E-state index in [0.717, 1.165) is 16.1 Å². The summed E-state index contributed by atoms with van der Waals surface area (Å²) >= 11 is 6.10. The zero-order valence-corrected chi connectivity index (χ0v) is 24.0. The highest BCUT2D eigenvalue weighted by Gasteiger charge is 2.34. The van der Waals surface area contributed by atoms with Gasteiger partial charge < -0.3 is 10.2 Å². The normalized spacial score (nSPS) is 12.5. The van der Waals surface area contributed by atoms with Gasteiger partial charge in [-0.2, -0.15) is 0 Å². The summed E-state index contributed by atoms with van der Waals surface area (Å²) in [6, 6.07) is 20.2. The van der Waals surface area contributed by atoms with E-state index in [1.54, 1.807) is 18.2 Å². The van der Waals surface area contributed by atoms with Crippen molar-refractivity contribution in [3.05, 3.63) is 101 Å². The van der Waals surface area contributed by atoms with Crippen molar-refractivity contribution in [1.82, 2.24) is 10.2 Å². The minimum atomic E-state index is -3.93. The quantitative estimate of drug-likeness (QED) is 0.377. The van der Waals surface area contributed by atoms with Crippen molar-refractivity contribution in [2.75, 3.05) is 17.1 Å². The third-order valence-electron chi connectivity index (χ3n) is 5.84. The van der Waals surface area contributed by atoms with Crippen LogP contribution in [0.5, 0.6) is 0 Å². The number of halogens is 2. The molecule has 0 spiro atoms. The van der Waals surface area contributed by atoms with Crippen molar-refractivity contribution < 1.29 is 22.4 Å². The topological polar surface area (TPSA) is 86.8 Å². The molecule has 0 heterocycles. The Hall–Kier alpha value is -3.43. The molecule has 0 aliphatic carbocycles. The zero-order valence-electron chi connectivity index (χ0n) is 22.4. The van der Waals surface area contributed by atoms with Crippen LogP contribution in [-0.2, 0) is 32.6 Å². The van der Waals surface area contributed by atoms with Crippen LogP contribution in [0.15, 0.2) is 78.9 Å². The molecule has 208 valence electrons. The lowest BCUT2D eigenvalue weighted by Gasteiger charge is -2.35. The van der Waals surface area contributed by atoms with Crippen molar-refractivity contribution in [3.63, 3.8) is 0 Å². The predicted octanol–water partition coefficient (Wildman–Crippen LogP) is 4.80. The van der Waals surface area contributed by atoms with E-state index >= 15 is 0 Å². The third kappa shape index (κ3) is 8.80. The molecule has 0 saturated heterocycles. The van der Waals surface area contributed by atoms with Gasteiger partial charge in [-0.15, -0.1) is 0 Å². The molecule has 0 aliphatic rings. The fraction of sp³-hybridized carbons (Fsp3) is 0.310. The highest BCUT2D eigenvalue weighted by atomic mass is 35.5. The van der Waals surface area contributed by atoms with E-state index in [0.29, 0.717) is 5.02 Å². The Morgan fingerprint density at radius 2 is 1.62 bits per heavy atom. The molecule has 2 amide bonds. The van der Waals surface area contributed by atoms with E-state index in [2.05, 4.69) is 5.32 Å². The Bertz CT molecular complexity index is 1410. The van der Waals surface area contributed by atoms with Crippen LogP contribution >= 0.6 is 11.6 Å². The molecule has 0 unspecified atom stereocenters. The van der Waals surface area contributed by atoms with Crippen LogP contribution in [0.2, 0.25) is 5.02 Å². The lowest BCUT2D eigenvalue weighted by molar-refractivity contribution is -0.140. The standard InChI is InChI=1S/C29H33ClFN3O4S/c1-29(2,3)32-28(36)26(17-21-11-6-5-7-12-21)33(19-22-13-8-9-16-25(22)31)27(35)20-34(39(4,37)38)24-15-10-14-23(30)18-24/h5-16,18,26H,17,19-20H2,1-4H3,(H,32,36)/t26-/m0/s1. The fourth-order valence-corrected chi connectivity index (χ4v) is 5.09. The average molecular weight is 574 g/mol. The fourth-order valence-electron chi connectivity index (χ4n) is 4.06. The molecule has 1 N–H and O–H groups in total. The van der Waals surface area contributed by atoms with Gasteiger partial charge in [-0.3, -0.25) is 13.9 Å². The monoisotopic (exact) mass is 573 g/mol. The zero-order chi connectivity index (χ0) is 28.8. The van der Waals surface area contributed by atoms with Gasteiger partial charge in [-0.05, 0) is 50.6 Å². The van der Waals surface area contributed by atoms with Crippen molar-refractivity contribution in [2.24, 2.45) is 0 Å². The van der Waals surface area contributed by atoms with Gasteiger partial charge in [0.1, 0.15) is 18.4 Å². The highest BCUT2D eigenvalue weighted by molar-refractivity contribution is 7.92. The van der Waals surface area contributed by atoms with Crippen molar-refractivity contribution in [2.45, 2.75) is 45.3 Å². The molecule has 0 bridgehead atoms. The first-order chi connectivity index (χ1) is 18.2. The van der Waals surface area contributed by atoms with Crippen LogP contribution in [-0.4, -0.2) is 49.5 Å². The molecular weight excluding hydrogens is 541 g/mol. The van der Waals surface area contributed by atoms with E-state index in [1.807, 2.05) is 51.1 Å². The Morgan fingerprint density at radius 1 is 0.974 bits per heavy atom. The summed E-state index contributed by atoms with van der Waals surface area (Å²) in [5, 5.41) is 3.22. The smallest absolute Gasteiger partial charge is 0.244 e. The molecule has 0 radical (unpaired) electrons. The summed E-state index contributed by atoms with van der Waals surface area (Å²) in [5.41, 5.74) is 0.565. The molecular formula is C29H33ClFN3O4S. The Balaban J connectivity index is 2.09. The number of sulfonamides is 1. The molecule has 3 rings (SSSR count). The van der Waals surface area contributed by atoms with E-state index in [-0.39, 0.29) is 24.2 Å². The SMILES string of the molecule is CC(C)(C)NC(=O)[C@H](Cc1ccccc1)N(Cc1ccccc1F)C(=O)CN(c1cccc(Cl)c1)S(C)(=O)=O. The van der Waals surface area contributed by atoms with E-state index in [1.165, 1.54) is 35.2 Å². The largest absolute Gasteiger partial charge is 0.350 e. The summed E-state index contributed by atoms with van der Waals surface area (Å²) in [6.07, 6.45) is 1.12. The number of carbonyl (C=O) groups excluding carboxylic acids is 2. The van der Waals surface area contributed by atoms with Gasteiger partial charge in [0.25, 0.3) is 0 Å². The Kier molecular flexibility index (Phi) is 9.74. The maximum atomic E-state index is 14.8. The molecule has 0 aliphatic heterocycles. The highest BCUT2D eigenvalue weighted by Crippen LogP contribution is 2.24. The number of carbonyl (C=O) groups is 2. The number of hydrogen-bond acceptors (Lipinski definition) is 4. The van der Waals surface area contributed by atoms with Crippen LogP contribution in [0, 0.1) is 5.82 Å². The van der Waals surface area contributed by atoms with E-state index in [4.69, 9.17) is 11.6 Å². The number of hydrogen-bond donors (Lipinski definition) is 1. The van der Waals surface area contributed by atoms with E-state index < -0.39 is 45.8 Å². The first-order valence-corrected chi connectivity index (χ1v) is 14.6. The molecule has 3 aromatic rings. The molecule has 0 saturated carbocycles. The summed E-state index contributed by atoms with van der Waals surface area (Å²) in [6.45, 7) is 4.60. The van der Waals surface area contributed by atoms with Crippen molar-refractivity contribution in [3.8, 4) is 0 Å². The van der Waals surface area contributed by atoms with Crippen LogP contribution in [0.4, 0.5) is 10.1 Å². The third-order valence-corrected chi connectivity index (χ3v) is 7.22. The average Bonchev–Trinajstić information content (AvgIpc) is 2.84. The maximum absolute atomic E-state index is 14.8. The van der Waals surface area contributed by atoms with Crippen LogP contribution < -0.4 is 9.62 Å². The minimum absolute atomic E-state index is 0.138. The summed E-state index contributed by atoms with van der Waals surface area (Å²) in [7, 11) is -3.93. The number of benzene rings is 3. The Morgan fingerprint density at radius 3 is 2.21 bits per heavy atom. The van der Waals surface area contributed by atoms with Gasteiger partial charge in [0, 0.05) is 29.1 Å². The van der Waals surface area contributed by atoms with Crippen molar-refractivity contribution in [1.29, 1.82) is 0 Å². The summed E-state index contributed by atoms with van der Waals surface area (Å²) in [5.74, 6) is -1.65. The second-order valence-electron chi connectivity index (χ2n) is 10.3. The van der Waals surface area contributed by atoms with Crippen LogP contribution in [0.25, 0.3) is 0 Å². The van der Waals surface area contributed by atoms with Crippen LogP contribution in [0.3, 0.4) is 0 Å². The molecule has 1 atom stereocenters. The van der Waals surface area contributed by atoms with E-state index in [9.17, 15) is 22.4 Å². The van der Waals surface area contributed by atoms with Gasteiger partial charge in [-0.25, -0.2) is 12.8 Å². The summed E-state index contributed by atoms with van der Waals surface area (Å²) in [4.78, 5) is 28.8. The number of nitrogens with zero attached hydrogens (tertiary/aromatic N) is 2. The first kappa shape index (κ1) is 30.1. The van der Waals surface area contributed by atoms with Crippen molar-refractivity contribution >= 4 is 39.1 Å². The van der Waals surface area contributed by atoms with Crippen LogP contribution in [0.1, 0.15) is 31.9 Å². The number of rotatable bonds is 10. The van der Waals surface area contributed by atoms with Gasteiger partial charge >= 0.3 is 0 Å². The lowest BCUT2D eigenvalue weighted by Crippen LogP contribution is -2.56. The molecule has 7 nitrogen and oxygen atoms in total. The minimum Gasteiger partial charge on any atom is -0.350 e. The maximum Gasteiger partial charge on any atom is 0.244 e. The predicted molar refractivity (Wildman–Crippen MR) is 152 cm³/mol. The molecule has 0 aromatic heterocycles. The Labute approximate surface area is 234 Å². The number of amides is 2. The first-order valence-electron chi connectivity index (χ1n) is 12.4. The summed E-state index contributed by atoms with van der Waals surface area (Å²) < 4.78 is 41.2. The van der Waals surface area contributed by atoms with Gasteiger partial charge in [0.05, 0.1) is 11.9 Å². The van der Waals surface area contributed by atoms with Gasteiger partial charge in [0.2, 0.25) is 21.8 Å². The molecule has 10 heteroatoms. The molecule has 39 heavy (non-hydrogen) atoms. The van der Waals surface area contributed by atoms with Gasteiger partial charge in [-0.1, -0.05) is 66.2 Å². The second kappa shape index (κ2) is 12.6.